The molecule has 2 aliphatic carbocycles. The van der Waals surface area contributed by atoms with E-state index in [2.05, 4.69) is 70.0 Å². The third kappa shape index (κ3) is 4.24. The van der Waals surface area contributed by atoms with Gasteiger partial charge in [-0.3, -0.25) is 9.36 Å². The lowest BCUT2D eigenvalue weighted by molar-refractivity contribution is 0.338. The molecule has 0 unspecified atom stereocenters. The predicted octanol–water partition coefficient (Wildman–Crippen LogP) is 5.49. The topological polar surface area (TPSA) is 47.7 Å². The quantitative estimate of drug-likeness (QED) is 0.581. The molecule has 2 aliphatic rings. The molecule has 2 heterocycles. The third-order valence-electron chi connectivity index (χ3n) is 6.61. The van der Waals surface area contributed by atoms with Crippen LogP contribution >= 0.6 is 0 Å². The summed E-state index contributed by atoms with van der Waals surface area (Å²) in [6.07, 6.45) is 16.2. The number of nitrogens with zero attached hydrogens (tertiary/aromatic N) is 4. The molecule has 2 fully saturated rings. The maximum absolute atomic E-state index is 4.53. The van der Waals surface area contributed by atoms with Crippen LogP contribution in [-0.4, -0.2) is 26.1 Å². The van der Waals surface area contributed by atoms with Gasteiger partial charge in [0, 0.05) is 36.7 Å². The molecule has 1 N–H and O–H groups in total. The third-order valence-corrected chi connectivity index (χ3v) is 6.61. The van der Waals surface area contributed by atoms with Gasteiger partial charge in [-0.25, -0.2) is 0 Å². The predicted molar refractivity (Wildman–Crippen MR) is 117 cm³/mol. The lowest BCUT2D eigenvalue weighted by Gasteiger charge is -2.28. The first-order valence-electron chi connectivity index (χ1n) is 11.2. The Balaban J connectivity index is 1.15. The molecule has 2 aromatic heterocycles. The molecule has 0 spiro atoms. The van der Waals surface area contributed by atoms with Crippen molar-refractivity contribution < 1.29 is 0 Å². The number of aromatic nitrogens is 4. The molecule has 0 aliphatic heterocycles. The molecule has 2 saturated carbocycles. The first kappa shape index (κ1) is 18.5. The van der Waals surface area contributed by atoms with E-state index in [4.69, 9.17) is 0 Å². The van der Waals surface area contributed by atoms with E-state index in [0.717, 1.165) is 19.0 Å². The highest BCUT2D eigenvalue weighted by Gasteiger charge is 2.25. The lowest BCUT2D eigenvalue weighted by Crippen LogP contribution is -2.20. The van der Waals surface area contributed by atoms with Crippen LogP contribution in [0, 0.1) is 5.92 Å². The highest BCUT2D eigenvalue weighted by Crippen LogP contribution is 2.37. The van der Waals surface area contributed by atoms with E-state index in [1.54, 1.807) is 0 Å². The maximum atomic E-state index is 4.53. The molecule has 0 atom stereocenters. The van der Waals surface area contributed by atoms with Crippen LogP contribution in [0.5, 0.6) is 0 Å². The fourth-order valence-electron chi connectivity index (χ4n) is 4.56. The standard InChI is InChI=1S/C24H31N5/c1-2-28-16-21(14-26-28)19-8-6-18(7-9-19)13-25-23-5-3-4-20(12-23)22-15-27-29(17-22)24-10-11-24/h3-5,12,14-19,24-25H,2,6-11,13H2,1H3/t18-,19-. The van der Waals surface area contributed by atoms with Crippen molar-refractivity contribution in [2.24, 2.45) is 5.92 Å². The highest BCUT2D eigenvalue weighted by atomic mass is 15.3. The number of rotatable bonds is 7. The lowest BCUT2D eigenvalue weighted by atomic mass is 9.79. The van der Waals surface area contributed by atoms with Gasteiger partial charge in [0.25, 0.3) is 0 Å². The van der Waals surface area contributed by atoms with E-state index in [0.29, 0.717) is 12.0 Å². The van der Waals surface area contributed by atoms with Crippen molar-refractivity contribution >= 4 is 5.69 Å². The normalized spacial score (nSPS) is 22.0. The van der Waals surface area contributed by atoms with Crippen molar-refractivity contribution in [3.05, 3.63) is 54.6 Å². The average molecular weight is 390 g/mol. The largest absolute Gasteiger partial charge is 0.385 e. The Morgan fingerprint density at radius 1 is 0.966 bits per heavy atom. The smallest absolute Gasteiger partial charge is 0.0568 e. The Bertz CT molecular complexity index is 944. The van der Waals surface area contributed by atoms with E-state index in [-0.39, 0.29) is 0 Å². The van der Waals surface area contributed by atoms with Crippen molar-refractivity contribution in [3.8, 4) is 11.1 Å². The van der Waals surface area contributed by atoms with Gasteiger partial charge in [0.05, 0.1) is 18.4 Å². The molecule has 152 valence electrons. The molecular weight excluding hydrogens is 358 g/mol. The minimum Gasteiger partial charge on any atom is -0.385 e. The Kier molecular flexibility index (Phi) is 5.13. The van der Waals surface area contributed by atoms with Gasteiger partial charge < -0.3 is 5.32 Å². The minimum atomic E-state index is 0.636. The molecule has 1 aromatic carbocycles. The summed E-state index contributed by atoms with van der Waals surface area (Å²) in [5.41, 5.74) is 5.11. The zero-order valence-electron chi connectivity index (χ0n) is 17.3. The first-order chi connectivity index (χ1) is 14.3. The summed E-state index contributed by atoms with van der Waals surface area (Å²) < 4.78 is 4.17. The molecule has 0 saturated heterocycles. The van der Waals surface area contributed by atoms with Gasteiger partial charge in [-0.1, -0.05) is 12.1 Å². The number of benzene rings is 1. The molecule has 0 bridgehead atoms. The zero-order chi connectivity index (χ0) is 19.6. The minimum absolute atomic E-state index is 0.636. The zero-order valence-corrected chi connectivity index (χ0v) is 17.3. The summed E-state index contributed by atoms with van der Waals surface area (Å²) in [5.74, 6) is 1.45. The van der Waals surface area contributed by atoms with Crippen LogP contribution in [0.25, 0.3) is 11.1 Å². The summed E-state index contributed by atoms with van der Waals surface area (Å²) in [6, 6.07) is 9.41. The Hall–Kier alpha value is -2.56. The molecule has 5 nitrogen and oxygen atoms in total. The number of hydrogen-bond acceptors (Lipinski definition) is 3. The van der Waals surface area contributed by atoms with Gasteiger partial charge in [0.1, 0.15) is 0 Å². The molecule has 0 amide bonds. The van der Waals surface area contributed by atoms with E-state index in [9.17, 15) is 0 Å². The fraction of sp³-hybridized carbons (Fsp3) is 0.500. The van der Waals surface area contributed by atoms with Gasteiger partial charge in [0.15, 0.2) is 0 Å². The molecule has 3 aromatic rings. The van der Waals surface area contributed by atoms with Crippen molar-refractivity contribution in [3.63, 3.8) is 0 Å². The average Bonchev–Trinajstić information content (AvgIpc) is 3.30. The Morgan fingerprint density at radius 3 is 2.59 bits per heavy atom. The van der Waals surface area contributed by atoms with E-state index >= 15 is 0 Å². The Morgan fingerprint density at radius 2 is 1.83 bits per heavy atom. The summed E-state index contributed by atoms with van der Waals surface area (Å²) in [4.78, 5) is 0. The molecule has 0 radical (unpaired) electrons. The van der Waals surface area contributed by atoms with E-state index < -0.39 is 0 Å². The van der Waals surface area contributed by atoms with Crippen LogP contribution in [-0.2, 0) is 6.54 Å². The molecule has 29 heavy (non-hydrogen) atoms. The number of aryl methyl sites for hydroxylation is 1. The van der Waals surface area contributed by atoms with E-state index in [1.807, 2.05) is 10.9 Å². The van der Waals surface area contributed by atoms with Gasteiger partial charge in [-0.2, -0.15) is 10.2 Å². The van der Waals surface area contributed by atoms with Crippen molar-refractivity contribution in [1.82, 2.24) is 19.6 Å². The first-order valence-corrected chi connectivity index (χ1v) is 11.2. The fourth-order valence-corrected chi connectivity index (χ4v) is 4.56. The second kappa shape index (κ2) is 8.05. The van der Waals surface area contributed by atoms with Crippen molar-refractivity contribution in [2.45, 2.75) is 64.0 Å². The van der Waals surface area contributed by atoms with Gasteiger partial charge in [-0.15, -0.1) is 0 Å². The number of hydrogen-bond donors (Lipinski definition) is 1. The van der Waals surface area contributed by atoms with Crippen LogP contribution in [0.15, 0.2) is 49.1 Å². The van der Waals surface area contributed by atoms with Crippen LogP contribution in [0.2, 0.25) is 0 Å². The molecule has 5 heteroatoms. The SMILES string of the molecule is CCn1cc([C@H]2CC[C@H](CNc3cccc(-c4cnn(C5CC5)c4)c3)CC2)cn1. The van der Waals surface area contributed by atoms with Crippen LogP contribution in [0.1, 0.15) is 63.0 Å². The summed E-state index contributed by atoms with van der Waals surface area (Å²) in [7, 11) is 0. The number of nitrogens with one attached hydrogen (secondary N) is 1. The second-order valence-electron chi connectivity index (χ2n) is 8.75. The second-order valence-corrected chi connectivity index (χ2v) is 8.75. The van der Waals surface area contributed by atoms with Crippen LogP contribution in [0.3, 0.4) is 0 Å². The van der Waals surface area contributed by atoms with Gasteiger partial charge in [0.2, 0.25) is 0 Å². The summed E-state index contributed by atoms with van der Waals surface area (Å²) in [6.45, 7) is 4.17. The maximum Gasteiger partial charge on any atom is 0.0568 e. The van der Waals surface area contributed by atoms with E-state index in [1.165, 1.54) is 60.9 Å². The van der Waals surface area contributed by atoms with Gasteiger partial charge in [-0.05, 0) is 80.5 Å². The monoisotopic (exact) mass is 389 g/mol. The van der Waals surface area contributed by atoms with Crippen molar-refractivity contribution in [1.29, 1.82) is 0 Å². The molecular formula is C24H31N5. The Labute approximate surface area is 173 Å². The van der Waals surface area contributed by atoms with Crippen LogP contribution < -0.4 is 5.32 Å². The molecule has 5 rings (SSSR count). The van der Waals surface area contributed by atoms with Crippen molar-refractivity contribution in [2.75, 3.05) is 11.9 Å². The highest BCUT2D eigenvalue weighted by molar-refractivity contribution is 5.67. The van der Waals surface area contributed by atoms with Gasteiger partial charge >= 0.3 is 0 Å². The summed E-state index contributed by atoms with van der Waals surface area (Å²) in [5, 5.41) is 12.7. The van der Waals surface area contributed by atoms with Crippen LogP contribution in [0.4, 0.5) is 5.69 Å². The number of anilines is 1. The summed E-state index contributed by atoms with van der Waals surface area (Å²) >= 11 is 0.